The van der Waals surface area contributed by atoms with Crippen LogP contribution >= 0.6 is 0 Å². The number of carbonyl (C=O) groups is 5. The Morgan fingerprint density at radius 2 is 1.16 bits per heavy atom. The topological polar surface area (TPSA) is 178 Å². The number of methoxy groups -OCH3 is 3. The molecule has 0 bridgehead atoms. The number of hydroxylamine groups is 2. The van der Waals surface area contributed by atoms with Gasteiger partial charge in [0, 0.05) is 93.9 Å². The van der Waals surface area contributed by atoms with Crippen LogP contribution in [0.15, 0.2) is 101 Å². The van der Waals surface area contributed by atoms with Crippen LogP contribution in [0.25, 0.3) is 0 Å². The third kappa shape index (κ3) is 8.91. The summed E-state index contributed by atoms with van der Waals surface area (Å²) in [5.41, 5.74) is 7.88. The Hall–Kier alpha value is -8.05. The maximum Gasteiger partial charge on any atom is 0.333 e. The number of hydrogen-bond acceptors (Lipinski definition) is 14. The van der Waals surface area contributed by atoms with Gasteiger partial charge in [-0.25, -0.2) is 4.79 Å². The Morgan fingerprint density at radius 3 is 1.66 bits per heavy atom. The molecule has 17 nitrogen and oxygen atoms in total. The number of carbonyl (C=O) groups excluding carboxylic acids is 5. The molecule has 1 fully saturated rings. The maximum absolute atomic E-state index is 14.1. The quantitative estimate of drug-likeness (QED) is 0.0853. The number of imide groups is 1. The number of aliphatic imine (C=N–C) groups is 2. The summed E-state index contributed by atoms with van der Waals surface area (Å²) in [7, 11) is 4.65. The van der Waals surface area contributed by atoms with Gasteiger partial charge < -0.3 is 33.4 Å². The Kier molecular flexibility index (Phi) is 12.7. The van der Waals surface area contributed by atoms with Crippen molar-refractivity contribution in [3.63, 3.8) is 0 Å². The highest BCUT2D eigenvalue weighted by atomic mass is 16.7. The van der Waals surface area contributed by atoms with E-state index in [1.54, 1.807) is 53.6 Å². The van der Waals surface area contributed by atoms with Crippen molar-refractivity contribution < 1.29 is 52.5 Å². The zero-order valence-electron chi connectivity index (χ0n) is 38.9. The fourth-order valence-corrected chi connectivity index (χ4v) is 9.58. The van der Waals surface area contributed by atoms with Crippen LogP contribution in [0.2, 0.25) is 0 Å². The number of nitrogens with zero attached hydrogens (tertiary/aromatic N) is 6. The van der Waals surface area contributed by atoms with E-state index in [4.69, 9.17) is 38.5 Å². The summed E-state index contributed by atoms with van der Waals surface area (Å²) in [6, 6.07) is 28.0. The van der Waals surface area contributed by atoms with Gasteiger partial charge in [0.15, 0.2) is 23.0 Å². The fraction of sp³-hybridized carbons (Fsp3) is 0.302. The summed E-state index contributed by atoms with van der Waals surface area (Å²) in [5, 5.41) is 0.553. The number of ether oxygens (including phenoxy) is 5. The molecule has 1 saturated heterocycles. The summed E-state index contributed by atoms with van der Waals surface area (Å²) in [5.74, 6) is -0.637. The van der Waals surface area contributed by atoms with Gasteiger partial charge in [0.1, 0.15) is 13.2 Å². The van der Waals surface area contributed by atoms with E-state index in [-0.39, 0.29) is 56.4 Å². The van der Waals surface area contributed by atoms with Gasteiger partial charge in [-0.3, -0.25) is 39.0 Å². The highest BCUT2D eigenvalue weighted by molar-refractivity contribution is 6.16. The lowest BCUT2D eigenvalue weighted by Crippen LogP contribution is -2.37. The van der Waals surface area contributed by atoms with E-state index < -0.39 is 17.8 Å². The van der Waals surface area contributed by atoms with Crippen molar-refractivity contribution in [3.05, 3.63) is 124 Å². The lowest BCUT2D eigenvalue weighted by atomic mass is 10.1. The molecule has 2 atom stereocenters. The monoisotopic (exact) mass is 946 g/mol. The number of amides is 4. The predicted octanol–water partition coefficient (Wildman–Crippen LogP) is 7.28. The third-order valence-corrected chi connectivity index (χ3v) is 13.0. The lowest BCUT2D eigenvalue weighted by Gasteiger charge is -2.26. The van der Waals surface area contributed by atoms with E-state index in [0.29, 0.717) is 89.5 Å². The zero-order chi connectivity index (χ0) is 48.5. The largest absolute Gasteiger partial charge is 0.493 e. The van der Waals surface area contributed by atoms with E-state index >= 15 is 0 Å². The summed E-state index contributed by atoms with van der Waals surface area (Å²) >= 11 is 0. The number of rotatable bonds is 17. The molecule has 17 heteroatoms. The van der Waals surface area contributed by atoms with Crippen LogP contribution < -0.4 is 33.6 Å². The van der Waals surface area contributed by atoms with Gasteiger partial charge >= 0.3 is 5.97 Å². The minimum atomic E-state index is -0.691. The second kappa shape index (κ2) is 19.5. The molecule has 0 aromatic heterocycles. The lowest BCUT2D eigenvalue weighted by molar-refractivity contribution is -0.197. The predicted molar refractivity (Wildman–Crippen MR) is 259 cm³/mol. The molecule has 10 rings (SSSR count). The van der Waals surface area contributed by atoms with E-state index in [2.05, 4.69) is 4.90 Å². The maximum atomic E-state index is 14.1. The summed E-state index contributed by atoms with van der Waals surface area (Å²) in [6.07, 6.45) is 5.23. The van der Waals surface area contributed by atoms with Crippen LogP contribution in [0.5, 0.6) is 23.0 Å². The molecule has 4 amide bonds. The fourth-order valence-electron chi connectivity index (χ4n) is 9.58. The van der Waals surface area contributed by atoms with Crippen LogP contribution in [0.3, 0.4) is 0 Å². The molecular weight excluding hydrogens is 897 g/mol. The standard InChI is InChI=1S/C53H50N6O11/c1-65-18-17-56(16-8-13-51(62)70-59-49(60)14-15-50(59)61)36-20-32(30-68-47-26-41-39(24-45(47)66-2)52(63)57-37(28-54-41)22-34-9-4-6-11-43(34)57)19-33(21-36)31-69-48-27-42-40(25-46(48)67-3)53(64)58-38(29-55-42)23-35-10-5-7-12-44(35)58/h4-7,9-12,19-21,24-29,37-38H,8,13-18,22-23,30-31H2,1-3H3/t37-,38-/m0/s1. The first-order chi connectivity index (χ1) is 34.1. The first kappa shape index (κ1) is 45.7. The number of benzene rings is 5. The van der Waals surface area contributed by atoms with E-state index in [1.165, 1.54) is 14.2 Å². The summed E-state index contributed by atoms with van der Waals surface area (Å²) in [6.45, 7) is 1.32. The van der Waals surface area contributed by atoms with Crippen molar-refractivity contribution in [1.82, 2.24) is 5.06 Å². The first-order valence-corrected chi connectivity index (χ1v) is 23.1. The molecule has 0 spiro atoms. The Morgan fingerprint density at radius 1 is 0.643 bits per heavy atom. The van der Waals surface area contributed by atoms with Crippen LogP contribution in [0.4, 0.5) is 28.4 Å². The number of anilines is 3. The second-order valence-electron chi connectivity index (χ2n) is 17.5. The summed E-state index contributed by atoms with van der Waals surface area (Å²) in [4.78, 5) is 85.4. The van der Waals surface area contributed by atoms with Gasteiger partial charge in [-0.05, 0) is 71.1 Å². The van der Waals surface area contributed by atoms with Gasteiger partial charge in [-0.2, -0.15) is 0 Å². The molecule has 0 N–H and O–H groups in total. The Balaban J connectivity index is 0.924. The number of fused-ring (bicyclic) bond motifs is 8. The van der Waals surface area contributed by atoms with Crippen LogP contribution in [-0.2, 0) is 50.0 Å². The average molecular weight is 947 g/mol. The minimum absolute atomic E-state index is 0.00591. The third-order valence-electron chi connectivity index (χ3n) is 13.0. The van der Waals surface area contributed by atoms with Gasteiger partial charge in [0.25, 0.3) is 23.6 Å². The van der Waals surface area contributed by atoms with Crippen molar-refractivity contribution in [2.45, 2.75) is 63.8 Å². The molecular formula is C53H50N6O11. The van der Waals surface area contributed by atoms with Crippen LogP contribution in [0.1, 0.15) is 68.7 Å². The Labute approximate surface area is 403 Å². The molecule has 70 heavy (non-hydrogen) atoms. The number of para-hydroxylation sites is 2. The highest BCUT2D eigenvalue weighted by Gasteiger charge is 2.38. The van der Waals surface area contributed by atoms with Crippen LogP contribution in [0, 0.1) is 0 Å². The van der Waals surface area contributed by atoms with Crippen LogP contribution in [-0.4, -0.2) is 100 Å². The normalized spacial score (nSPS) is 17.3. The second-order valence-corrected chi connectivity index (χ2v) is 17.5. The molecule has 0 saturated carbocycles. The van der Waals surface area contributed by atoms with Gasteiger partial charge in [0.2, 0.25) is 0 Å². The molecule has 5 aromatic rings. The Bertz CT molecular complexity index is 2810. The molecule has 358 valence electrons. The molecule has 5 aromatic carbocycles. The number of hydrogen-bond donors (Lipinski definition) is 0. The highest BCUT2D eigenvalue weighted by Crippen LogP contribution is 2.43. The molecule has 5 aliphatic rings. The van der Waals surface area contributed by atoms with Gasteiger partial charge in [0.05, 0.1) is 55.4 Å². The molecule has 0 unspecified atom stereocenters. The van der Waals surface area contributed by atoms with Crippen molar-refractivity contribution >= 4 is 70.5 Å². The first-order valence-electron chi connectivity index (χ1n) is 23.1. The van der Waals surface area contributed by atoms with Crippen molar-refractivity contribution in [2.24, 2.45) is 9.98 Å². The van der Waals surface area contributed by atoms with Gasteiger partial charge in [-0.15, -0.1) is 5.06 Å². The smallest absolute Gasteiger partial charge is 0.333 e. The van der Waals surface area contributed by atoms with E-state index in [1.807, 2.05) is 66.7 Å². The van der Waals surface area contributed by atoms with E-state index in [0.717, 1.165) is 39.3 Å². The van der Waals surface area contributed by atoms with Gasteiger partial charge in [-0.1, -0.05) is 36.4 Å². The average Bonchev–Trinajstić information content (AvgIpc) is 3.99. The molecule has 0 aliphatic carbocycles. The zero-order valence-corrected chi connectivity index (χ0v) is 38.9. The van der Waals surface area contributed by atoms with E-state index in [9.17, 15) is 24.0 Å². The SMILES string of the molecule is COCCN(CCCC(=O)ON1C(=O)CCC1=O)c1cc(COc2cc3c(cc2OC)C(=O)N2c4ccccc4C[C@H]2C=N3)cc(COc2cc3c(cc2OC)C(=O)N2c4ccccc4C[C@H]2C=N3)c1. The minimum Gasteiger partial charge on any atom is -0.493 e. The molecule has 5 aliphatic heterocycles. The summed E-state index contributed by atoms with van der Waals surface area (Å²) < 4.78 is 30.1. The van der Waals surface area contributed by atoms with Crippen molar-refractivity contribution in [1.29, 1.82) is 0 Å². The molecule has 0 radical (unpaired) electrons. The molecule has 5 heterocycles. The van der Waals surface area contributed by atoms with Crippen molar-refractivity contribution in [2.75, 3.05) is 55.7 Å². The van der Waals surface area contributed by atoms with Crippen molar-refractivity contribution in [3.8, 4) is 23.0 Å².